The second-order valence-electron chi connectivity index (χ2n) is 5.92. The number of hydrogen-bond donors (Lipinski definition) is 0. The highest BCUT2D eigenvalue weighted by molar-refractivity contribution is 9.11. The van der Waals surface area contributed by atoms with E-state index in [9.17, 15) is 4.79 Å². The molecule has 0 aliphatic heterocycles. The lowest BCUT2D eigenvalue weighted by Gasteiger charge is -2.21. The zero-order chi connectivity index (χ0) is 18.7. The van der Waals surface area contributed by atoms with E-state index in [0.29, 0.717) is 23.2 Å². The molecule has 0 bridgehead atoms. The summed E-state index contributed by atoms with van der Waals surface area (Å²) < 4.78 is 7.53. The van der Waals surface area contributed by atoms with Crippen LogP contribution in [-0.4, -0.2) is 49.6 Å². The van der Waals surface area contributed by atoms with Gasteiger partial charge in [-0.2, -0.15) is 0 Å². The SMILES string of the molecule is CCOc1ccc2nc(N(CCN(C)C)C(=O)c3ccc(Br)s3)sc2c1. The number of carbonyl (C=O) groups is 1. The van der Waals surface area contributed by atoms with Gasteiger partial charge in [0.15, 0.2) is 5.13 Å². The summed E-state index contributed by atoms with van der Waals surface area (Å²) in [6, 6.07) is 9.58. The largest absolute Gasteiger partial charge is 0.494 e. The fourth-order valence-corrected chi connectivity index (χ4v) is 4.76. The van der Waals surface area contributed by atoms with E-state index in [0.717, 1.165) is 26.3 Å². The molecule has 0 saturated heterocycles. The second kappa shape index (κ2) is 8.47. The topological polar surface area (TPSA) is 45.7 Å². The van der Waals surface area contributed by atoms with E-state index in [4.69, 9.17) is 4.74 Å². The van der Waals surface area contributed by atoms with Crippen LogP contribution in [0.15, 0.2) is 34.1 Å². The maximum absolute atomic E-state index is 13.1. The third-order valence-corrected chi connectivity index (χ3v) is 6.34. The maximum Gasteiger partial charge on any atom is 0.270 e. The van der Waals surface area contributed by atoms with Crippen molar-refractivity contribution in [2.75, 3.05) is 38.7 Å². The van der Waals surface area contributed by atoms with Crippen LogP contribution in [0.2, 0.25) is 0 Å². The fourth-order valence-electron chi connectivity index (χ4n) is 2.41. The van der Waals surface area contributed by atoms with Crippen molar-refractivity contribution in [3.05, 3.63) is 39.0 Å². The van der Waals surface area contributed by atoms with Crippen molar-refractivity contribution in [2.24, 2.45) is 0 Å². The normalized spacial score (nSPS) is 11.3. The van der Waals surface area contributed by atoms with Crippen LogP contribution in [0.25, 0.3) is 10.2 Å². The number of aromatic nitrogens is 1. The molecule has 26 heavy (non-hydrogen) atoms. The van der Waals surface area contributed by atoms with Gasteiger partial charge in [-0.05, 0) is 67.3 Å². The number of halogens is 1. The monoisotopic (exact) mass is 453 g/mol. The van der Waals surface area contributed by atoms with Gasteiger partial charge in [-0.15, -0.1) is 11.3 Å². The van der Waals surface area contributed by atoms with Gasteiger partial charge in [0.25, 0.3) is 5.91 Å². The minimum atomic E-state index is -0.0216. The smallest absolute Gasteiger partial charge is 0.270 e. The highest BCUT2D eigenvalue weighted by atomic mass is 79.9. The lowest BCUT2D eigenvalue weighted by atomic mass is 10.3. The van der Waals surface area contributed by atoms with Crippen molar-refractivity contribution in [1.29, 1.82) is 0 Å². The van der Waals surface area contributed by atoms with E-state index in [2.05, 4.69) is 25.8 Å². The van der Waals surface area contributed by atoms with Gasteiger partial charge in [0.05, 0.1) is 25.5 Å². The molecule has 0 aliphatic rings. The molecule has 0 fully saturated rings. The van der Waals surface area contributed by atoms with Gasteiger partial charge in [0.2, 0.25) is 0 Å². The molecule has 3 rings (SSSR count). The fraction of sp³-hybridized carbons (Fsp3) is 0.333. The Labute approximate surface area is 169 Å². The van der Waals surface area contributed by atoms with Crippen molar-refractivity contribution in [3.63, 3.8) is 0 Å². The summed E-state index contributed by atoms with van der Waals surface area (Å²) in [5, 5.41) is 0.713. The minimum Gasteiger partial charge on any atom is -0.494 e. The van der Waals surface area contributed by atoms with E-state index >= 15 is 0 Å². The first-order valence-electron chi connectivity index (χ1n) is 8.23. The van der Waals surface area contributed by atoms with Gasteiger partial charge in [-0.25, -0.2) is 4.98 Å². The zero-order valence-electron chi connectivity index (χ0n) is 14.9. The third kappa shape index (κ3) is 4.43. The lowest BCUT2D eigenvalue weighted by Crippen LogP contribution is -2.36. The Morgan fingerprint density at radius 2 is 2.00 bits per heavy atom. The number of amides is 1. The number of anilines is 1. The van der Waals surface area contributed by atoms with Gasteiger partial charge >= 0.3 is 0 Å². The van der Waals surface area contributed by atoms with Crippen LogP contribution >= 0.6 is 38.6 Å². The summed E-state index contributed by atoms with van der Waals surface area (Å²) in [6.07, 6.45) is 0. The molecule has 0 spiro atoms. The van der Waals surface area contributed by atoms with Crippen molar-refractivity contribution in [3.8, 4) is 5.75 Å². The molecule has 0 saturated carbocycles. The predicted molar refractivity (Wildman–Crippen MR) is 113 cm³/mol. The molecule has 138 valence electrons. The van der Waals surface area contributed by atoms with Crippen LogP contribution in [-0.2, 0) is 0 Å². The van der Waals surface area contributed by atoms with Crippen molar-refractivity contribution < 1.29 is 9.53 Å². The van der Waals surface area contributed by atoms with Gasteiger partial charge in [0, 0.05) is 13.1 Å². The van der Waals surface area contributed by atoms with E-state index in [1.807, 2.05) is 51.4 Å². The summed E-state index contributed by atoms with van der Waals surface area (Å²) in [5.41, 5.74) is 0.878. The first-order chi connectivity index (χ1) is 12.5. The van der Waals surface area contributed by atoms with Crippen LogP contribution < -0.4 is 9.64 Å². The van der Waals surface area contributed by atoms with Crippen LogP contribution in [0.3, 0.4) is 0 Å². The molecule has 5 nitrogen and oxygen atoms in total. The number of carbonyl (C=O) groups excluding carboxylic acids is 1. The van der Waals surface area contributed by atoms with E-state index in [-0.39, 0.29) is 5.91 Å². The Balaban J connectivity index is 1.95. The first kappa shape index (κ1) is 19.3. The molecular formula is C18H20BrN3O2S2. The number of hydrogen-bond acceptors (Lipinski definition) is 6. The highest BCUT2D eigenvalue weighted by Gasteiger charge is 2.22. The number of benzene rings is 1. The van der Waals surface area contributed by atoms with Gasteiger partial charge in [-0.3, -0.25) is 9.69 Å². The number of nitrogens with zero attached hydrogens (tertiary/aromatic N) is 3. The summed E-state index contributed by atoms with van der Waals surface area (Å²) in [7, 11) is 3.99. The highest BCUT2D eigenvalue weighted by Crippen LogP contribution is 2.33. The number of thiazole rings is 1. The second-order valence-corrected chi connectivity index (χ2v) is 9.39. The van der Waals surface area contributed by atoms with E-state index in [1.165, 1.54) is 22.7 Å². The molecule has 2 heterocycles. The number of rotatable bonds is 7. The minimum absolute atomic E-state index is 0.0216. The van der Waals surface area contributed by atoms with Gasteiger partial charge in [-0.1, -0.05) is 11.3 Å². The quantitative estimate of drug-likeness (QED) is 0.518. The molecule has 0 radical (unpaired) electrons. The molecule has 0 atom stereocenters. The summed E-state index contributed by atoms with van der Waals surface area (Å²) >= 11 is 6.38. The molecule has 1 aromatic carbocycles. The summed E-state index contributed by atoms with van der Waals surface area (Å²) in [5.74, 6) is 0.801. The Morgan fingerprint density at radius 3 is 2.65 bits per heavy atom. The van der Waals surface area contributed by atoms with Gasteiger partial charge in [0.1, 0.15) is 5.75 Å². The molecule has 0 aliphatic carbocycles. The molecule has 0 N–H and O–H groups in total. The Hall–Kier alpha value is -1.48. The lowest BCUT2D eigenvalue weighted by molar-refractivity contribution is 0.0989. The predicted octanol–water partition coefficient (Wildman–Crippen LogP) is 4.73. The molecule has 1 amide bonds. The molecule has 3 aromatic rings. The Kier molecular flexibility index (Phi) is 6.29. The Bertz CT molecular complexity index is 907. The molecule has 0 unspecified atom stereocenters. The van der Waals surface area contributed by atoms with Crippen LogP contribution in [0, 0.1) is 0 Å². The zero-order valence-corrected chi connectivity index (χ0v) is 18.1. The molecule has 8 heteroatoms. The van der Waals surface area contributed by atoms with Crippen LogP contribution in [0.5, 0.6) is 5.75 Å². The number of likely N-dealkylation sites (N-methyl/N-ethyl adjacent to an activating group) is 1. The van der Waals surface area contributed by atoms with Crippen molar-refractivity contribution in [2.45, 2.75) is 6.92 Å². The van der Waals surface area contributed by atoms with Crippen LogP contribution in [0.4, 0.5) is 5.13 Å². The maximum atomic E-state index is 13.1. The van der Waals surface area contributed by atoms with Gasteiger partial charge < -0.3 is 9.64 Å². The van der Waals surface area contributed by atoms with Crippen molar-refractivity contribution >= 4 is 59.9 Å². The number of ether oxygens (including phenoxy) is 1. The third-order valence-electron chi connectivity index (χ3n) is 3.69. The molecule has 2 aromatic heterocycles. The Morgan fingerprint density at radius 1 is 1.19 bits per heavy atom. The number of fused-ring (bicyclic) bond motifs is 1. The summed E-state index contributed by atoms with van der Waals surface area (Å²) in [6.45, 7) is 3.93. The molecular weight excluding hydrogens is 434 g/mol. The standard InChI is InChI=1S/C18H20BrN3O2S2/c1-4-24-12-5-6-13-15(11-12)26-18(20-13)22(10-9-21(2)3)17(23)14-7-8-16(19)25-14/h5-8,11H,4,9-10H2,1-3H3. The number of thiophene rings is 1. The average molecular weight is 454 g/mol. The first-order valence-corrected chi connectivity index (χ1v) is 10.7. The van der Waals surface area contributed by atoms with E-state index < -0.39 is 0 Å². The average Bonchev–Trinajstić information content (AvgIpc) is 3.20. The summed E-state index contributed by atoms with van der Waals surface area (Å²) in [4.78, 5) is 22.3. The van der Waals surface area contributed by atoms with Crippen molar-refractivity contribution in [1.82, 2.24) is 9.88 Å². The van der Waals surface area contributed by atoms with E-state index in [1.54, 1.807) is 4.90 Å². The van der Waals surface area contributed by atoms with Crippen LogP contribution in [0.1, 0.15) is 16.6 Å².